The van der Waals surface area contributed by atoms with E-state index in [1.807, 2.05) is 0 Å². The summed E-state index contributed by atoms with van der Waals surface area (Å²) in [7, 11) is 0. The normalized spacial score (nSPS) is 12.1. The molecular formula is C10H4BrClF3N. The van der Waals surface area contributed by atoms with Gasteiger partial charge in [-0.15, -0.1) is 0 Å². The number of alkyl halides is 3. The van der Waals surface area contributed by atoms with Gasteiger partial charge in [-0.25, -0.2) is 4.98 Å². The van der Waals surface area contributed by atoms with Crippen LogP contribution in [-0.4, -0.2) is 4.98 Å². The predicted octanol–water partition coefficient (Wildman–Crippen LogP) is 4.67. The average molecular weight is 310 g/mol. The first-order chi connectivity index (χ1) is 7.39. The highest BCUT2D eigenvalue weighted by Crippen LogP contribution is 2.34. The molecule has 0 radical (unpaired) electrons. The van der Waals surface area contributed by atoms with E-state index in [9.17, 15) is 13.2 Å². The van der Waals surface area contributed by atoms with Gasteiger partial charge in [0, 0.05) is 9.86 Å². The molecular weight excluding hydrogens is 306 g/mol. The second-order valence-electron chi connectivity index (χ2n) is 3.12. The van der Waals surface area contributed by atoms with Crippen molar-refractivity contribution in [2.24, 2.45) is 0 Å². The molecule has 1 aromatic heterocycles. The van der Waals surface area contributed by atoms with Gasteiger partial charge in [0.15, 0.2) is 0 Å². The van der Waals surface area contributed by atoms with Gasteiger partial charge >= 0.3 is 6.18 Å². The lowest BCUT2D eigenvalue weighted by Crippen LogP contribution is -2.08. The Kier molecular flexibility index (Phi) is 2.84. The van der Waals surface area contributed by atoms with Crippen LogP contribution in [0.25, 0.3) is 10.9 Å². The molecule has 2 rings (SSSR count). The summed E-state index contributed by atoms with van der Waals surface area (Å²) >= 11 is 8.92. The molecule has 1 heterocycles. The van der Waals surface area contributed by atoms with Crippen LogP contribution in [0.5, 0.6) is 0 Å². The third kappa shape index (κ3) is 2.01. The highest BCUT2D eigenvalue weighted by atomic mass is 79.9. The van der Waals surface area contributed by atoms with Gasteiger partial charge in [-0.1, -0.05) is 23.7 Å². The zero-order chi connectivity index (χ0) is 11.9. The largest absolute Gasteiger partial charge is 0.433 e. The molecule has 0 atom stereocenters. The molecule has 0 bridgehead atoms. The van der Waals surface area contributed by atoms with Crippen LogP contribution in [0.4, 0.5) is 13.2 Å². The van der Waals surface area contributed by atoms with E-state index in [1.165, 1.54) is 0 Å². The zero-order valence-electron chi connectivity index (χ0n) is 7.65. The summed E-state index contributed by atoms with van der Waals surface area (Å²) in [5, 5.41) is 0.530. The van der Waals surface area contributed by atoms with Crippen molar-refractivity contribution in [2.45, 2.75) is 6.18 Å². The summed E-state index contributed by atoms with van der Waals surface area (Å²) in [5.74, 6) is 0. The Morgan fingerprint density at radius 3 is 2.56 bits per heavy atom. The highest BCUT2D eigenvalue weighted by Gasteiger charge is 2.33. The molecule has 2 aromatic rings. The lowest BCUT2D eigenvalue weighted by atomic mass is 10.2. The van der Waals surface area contributed by atoms with Crippen LogP contribution in [0.1, 0.15) is 5.69 Å². The number of pyridine rings is 1. The standard InChI is InChI=1S/C10H4BrClF3N/c11-6-3-1-2-5-7(12)4-8(10(13,14)15)16-9(5)6/h1-4H. The molecule has 0 N–H and O–H groups in total. The fourth-order valence-electron chi connectivity index (χ4n) is 1.32. The Labute approximate surface area is 102 Å². The van der Waals surface area contributed by atoms with E-state index >= 15 is 0 Å². The van der Waals surface area contributed by atoms with Crippen molar-refractivity contribution in [1.29, 1.82) is 0 Å². The highest BCUT2D eigenvalue weighted by molar-refractivity contribution is 9.10. The first-order valence-electron chi connectivity index (χ1n) is 4.21. The van der Waals surface area contributed by atoms with Gasteiger partial charge in [0.2, 0.25) is 0 Å². The Bertz CT molecular complexity index is 553. The lowest BCUT2D eigenvalue weighted by molar-refractivity contribution is -0.140. The molecule has 0 aliphatic carbocycles. The molecule has 0 fully saturated rings. The van der Waals surface area contributed by atoms with Crippen molar-refractivity contribution >= 4 is 38.4 Å². The maximum atomic E-state index is 12.5. The molecule has 0 unspecified atom stereocenters. The number of halogens is 5. The maximum absolute atomic E-state index is 12.5. The van der Waals surface area contributed by atoms with E-state index in [1.54, 1.807) is 18.2 Å². The smallest absolute Gasteiger partial charge is 0.242 e. The quantitative estimate of drug-likeness (QED) is 0.689. The number of fused-ring (bicyclic) bond motifs is 1. The van der Waals surface area contributed by atoms with Crippen molar-refractivity contribution in [3.63, 3.8) is 0 Å². The maximum Gasteiger partial charge on any atom is 0.433 e. The summed E-state index contributed by atoms with van der Waals surface area (Å²) in [6, 6.07) is 5.75. The summed E-state index contributed by atoms with van der Waals surface area (Å²) in [6.07, 6.45) is -4.49. The Hall–Kier alpha value is -0.810. The van der Waals surface area contributed by atoms with Crippen LogP contribution in [-0.2, 0) is 6.18 Å². The number of hydrogen-bond acceptors (Lipinski definition) is 1. The van der Waals surface area contributed by atoms with Crippen molar-refractivity contribution in [1.82, 2.24) is 4.98 Å². The number of benzene rings is 1. The van der Waals surface area contributed by atoms with Gasteiger partial charge in [-0.2, -0.15) is 13.2 Å². The molecule has 0 aliphatic rings. The minimum atomic E-state index is -4.49. The van der Waals surface area contributed by atoms with Crippen molar-refractivity contribution in [3.8, 4) is 0 Å². The number of rotatable bonds is 0. The Morgan fingerprint density at radius 2 is 1.94 bits per heavy atom. The topological polar surface area (TPSA) is 12.9 Å². The van der Waals surface area contributed by atoms with Gasteiger partial charge in [-0.05, 0) is 28.1 Å². The minimum absolute atomic E-state index is 0.0404. The molecule has 1 nitrogen and oxygen atoms in total. The molecule has 0 spiro atoms. The number of nitrogens with zero attached hydrogens (tertiary/aromatic N) is 1. The lowest BCUT2D eigenvalue weighted by Gasteiger charge is -2.09. The SMILES string of the molecule is FC(F)(F)c1cc(Cl)c2cccc(Br)c2n1. The van der Waals surface area contributed by atoms with Crippen molar-refractivity contribution in [2.75, 3.05) is 0 Å². The van der Waals surface area contributed by atoms with E-state index in [0.717, 1.165) is 6.07 Å². The van der Waals surface area contributed by atoms with Crippen LogP contribution in [0.15, 0.2) is 28.7 Å². The number of aromatic nitrogens is 1. The molecule has 0 amide bonds. The van der Waals surface area contributed by atoms with Gasteiger partial charge in [0.1, 0.15) is 5.69 Å². The van der Waals surface area contributed by atoms with Crippen molar-refractivity contribution in [3.05, 3.63) is 39.5 Å². The monoisotopic (exact) mass is 309 g/mol. The number of hydrogen-bond donors (Lipinski definition) is 0. The Morgan fingerprint density at radius 1 is 1.25 bits per heavy atom. The fourth-order valence-corrected chi connectivity index (χ4v) is 2.03. The molecule has 16 heavy (non-hydrogen) atoms. The van der Waals surface area contributed by atoms with Crippen LogP contribution in [0.2, 0.25) is 5.02 Å². The second kappa shape index (κ2) is 3.89. The summed E-state index contributed by atoms with van der Waals surface area (Å²) in [4.78, 5) is 3.55. The van der Waals surface area contributed by atoms with Gasteiger partial charge in [-0.3, -0.25) is 0 Å². The number of para-hydroxylation sites is 1. The molecule has 1 aromatic carbocycles. The van der Waals surface area contributed by atoms with E-state index in [4.69, 9.17) is 11.6 Å². The van der Waals surface area contributed by atoms with E-state index in [0.29, 0.717) is 9.86 Å². The van der Waals surface area contributed by atoms with E-state index in [2.05, 4.69) is 20.9 Å². The van der Waals surface area contributed by atoms with Gasteiger partial charge < -0.3 is 0 Å². The van der Waals surface area contributed by atoms with Crippen LogP contribution < -0.4 is 0 Å². The fraction of sp³-hybridized carbons (Fsp3) is 0.100. The third-order valence-corrected chi connectivity index (χ3v) is 2.98. The first kappa shape index (κ1) is 11.7. The summed E-state index contributed by atoms with van der Waals surface area (Å²) in [6.45, 7) is 0. The second-order valence-corrected chi connectivity index (χ2v) is 4.38. The zero-order valence-corrected chi connectivity index (χ0v) is 9.99. The molecule has 0 saturated heterocycles. The summed E-state index contributed by atoms with van der Waals surface area (Å²) < 4.78 is 38.0. The summed E-state index contributed by atoms with van der Waals surface area (Å²) in [5.41, 5.74) is -0.778. The van der Waals surface area contributed by atoms with E-state index < -0.39 is 11.9 Å². The van der Waals surface area contributed by atoms with Gasteiger partial charge in [0.05, 0.1) is 10.5 Å². The average Bonchev–Trinajstić information content (AvgIpc) is 2.18. The molecule has 84 valence electrons. The molecule has 6 heteroatoms. The molecule has 0 saturated carbocycles. The van der Waals surface area contributed by atoms with E-state index in [-0.39, 0.29) is 10.5 Å². The Balaban J connectivity index is 2.81. The first-order valence-corrected chi connectivity index (χ1v) is 5.38. The van der Waals surface area contributed by atoms with Crippen LogP contribution >= 0.6 is 27.5 Å². The third-order valence-electron chi connectivity index (χ3n) is 2.03. The van der Waals surface area contributed by atoms with Crippen LogP contribution in [0, 0.1) is 0 Å². The molecule has 0 aliphatic heterocycles. The minimum Gasteiger partial charge on any atom is -0.242 e. The predicted molar refractivity (Wildman–Crippen MR) is 59.5 cm³/mol. The van der Waals surface area contributed by atoms with Crippen LogP contribution in [0.3, 0.4) is 0 Å². The van der Waals surface area contributed by atoms with Gasteiger partial charge in [0.25, 0.3) is 0 Å². The van der Waals surface area contributed by atoms with Crippen molar-refractivity contribution < 1.29 is 13.2 Å².